The maximum absolute atomic E-state index is 12.6. The van der Waals surface area contributed by atoms with Crippen molar-refractivity contribution < 1.29 is 53.6 Å². The summed E-state index contributed by atoms with van der Waals surface area (Å²) in [5, 5.41) is 53.1. The Balaban J connectivity index is 0.788. The summed E-state index contributed by atoms with van der Waals surface area (Å²) in [5.74, 6) is 1.60. The molecule has 0 spiro atoms. The van der Waals surface area contributed by atoms with Gasteiger partial charge in [0.2, 0.25) is 6.29 Å². The number of ether oxygens (including phenoxy) is 5. The summed E-state index contributed by atoms with van der Waals surface area (Å²) >= 11 is 0. The van der Waals surface area contributed by atoms with Gasteiger partial charge in [-0.1, -0.05) is 121 Å². The first kappa shape index (κ1) is 50.5. The van der Waals surface area contributed by atoms with Crippen LogP contribution in [-0.2, 0) is 83.4 Å². The van der Waals surface area contributed by atoms with Crippen LogP contribution in [0.3, 0.4) is 0 Å². The number of aliphatic hydroxyl groups is 3. The summed E-state index contributed by atoms with van der Waals surface area (Å²) in [4.78, 5) is 23.2. The van der Waals surface area contributed by atoms with Crippen LogP contribution < -0.4 is 0 Å². The average molecular weight is 989 g/mol. The van der Waals surface area contributed by atoms with E-state index in [1.807, 2.05) is 97.1 Å². The van der Waals surface area contributed by atoms with Gasteiger partial charge in [0.15, 0.2) is 12.1 Å². The van der Waals surface area contributed by atoms with Crippen molar-refractivity contribution in [2.24, 2.45) is 28.6 Å². The highest BCUT2D eigenvalue weighted by Crippen LogP contribution is 2.69. The largest absolute Gasteiger partial charge is 0.389 e. The Morgan fingerprint density at radius 3 is 1.96 bits per heavy atom. The van der Waals surface area contributed by atoms with Crippen LogP contribution in [0.2, 0.25) is 0 Å². The topological polar surface area (TPSA) is 204 Å². The number of nitrogens with zero attached hydrogens (tertiary/aromatic N) is 6. The first-order valence-corrected chi connectivity index (χ1v) is 25.5. The summed E-state index contributed by atoms with van der Waals surface area (Å²) < 4.78 is 35.3. The van der Waals surface area contributed by atoms with Crippen molar-refractivity contribution in [1.29, 1.82) is 0 Å². The molecule has 3 aromatic carbocycles. The zero-order chi connectivity index (χ0) is 49.9. The number of allylic oxidation sites excluding steroid dienone is 1. The van der Waals surface area contributed by atoms with E-state index in [4.69, 9.17) is 33.5 Å². The van der Waals surface area contributed by atoms with Crippen LogP contribution in [0.25, 0.3) is 0 Å². The van der Waals surface area contributed by atoms with Crippen LogP contribution in [0.4, 0.5) is 0 Å². The molecule has 1 aliphatic heterocycles. The molecule has 72 heavy (non-hydrogen) atoms. The minimum absolute atomic E-state index is 0.0551. The minimum Gasteiger partial charge on any atom is -0.389 e. The molecule has 0 radical (unpaired) electrons. The summed E-state index contributed by atoms with van der Waals surface area (Å²) in [6.07, 6.45) is 4.83. The first-order chi connectivity index (χ1) is 34.9. The third kappa shape index (κ3) is 10.4. The molecule has 0 bridgehead atoms. The maximum atomic E-state index is 12.6. The van der Waals surface area contributed by atoms with E-state index in [1.165, 1.54) is 17.4 Å². The zero-order valence-corrected chi connectivity index (χ0v) is 41.4. The van der Waals surface area contributed by atoms with Gasteiger partial charge in [-0.15, -0.1) is 10.2 Å². The highest BCUT2D eigenvalue weighted by Gasteiger charge is 2.65. The molecular weight excluding hydrogens is 921 g/mol. The smallest absolute Gasteiger partial charge is 0.220 e. The van der Waals surface area contributed by atoms with Gasteiger partial charge in [-0.2, -0.15) is 0 Å². The molecule has 4 aliphatic carbocycles. The molecule has 2 unspecified atom stereocenters. The lowest BCUT2D eigenvalue weighted by Crippen LogP contribution is -2.63. The van der Waals surface area contributed by atoms with Crippen LogP contribution in [-0.4, -0.2) is 101 Å². The number of carbonyl (C=O) groups excluding carboxylic acids is 1. The van der Waals surface area contributed by atoms with Gasteiger partial charge < -0.3 is 39.0 Å². The van der Waals surface area contributed by atoms with Gasteiger partial charge in [-0.25, -0.2) is 19.1 Å². The van der Waals surface area contributed by atoms with E-state index >= 15 is 0 Å². The quantitative estimate of drug-likeness (QED) is 0.0430. The lowest BCUT2D eigenvalue weighted by Gasteiger charge is -2.59. The van der Waals surface area contributed by atoms with Gasteiger partial charge in [0.05, 0.1) is 65.1 Å². The van der Waals surface area contributed by atoms with Crippen molar-refractivity contribution in [1.82, 2.24) is 30.0 Å². The van der Waals surface area contributed by atoms with E-state index < -0.39 is 48.7 Å². The van der Waals surface area contributed by atoms with Gasteiger partial charge in [0.1, 0.15) is 41.4 Å². The third-order valence-corrected chi connectivity index (χ3v) is 16.7. The highest BCUT2D eigenvalue weighted by atomic mass is 17.2. The number of hydrogen-bond donors (Lipinski definition) is 3. The van der Waals surface area contributed by atoms with E-state index in [0.29, 0.717) is 42.0 Å². The number of ketones is 1. The molecule has 384 valence electrons. The van der Waals surface area contributed by atoms with Crippen LogP contribution in [0.1, 0.15) is 93.3 Å². The number of fused-ring (bicyclic) bond motifs is 5. The second kappa shape index (κ2) is 21.8. The minimum atomic E-state index is -1.58. The van der Waals surface area contributed by atoms with Crippen LogP contribution in [0, 0.1) is 28.6 Å². The fourth-order valence-electron chi connectivity index (χ4n) is 12.9. The molecule has 3 heterocycles. The molecule has 5 aromatic rings. The van der Waals surface area contributed by atoms with Gasteiger partial charge in [-0.05, 0) is 90.9 Å². The number of aromatic nitrogens is 6. The summed E-state index contributed by atoms with van der Waals surface area (Å²) in [5.41, 5.74) is 3.57. The molecule has 0 amide bonds. The van der Waals surface area contributed by atoms with Crippen LogP contribution in [0.15, 0.2) is 115 Å². The van der Waals surface area contributed by atoms with Crippen molar-refractivity contribution in [3.63, 3.8) is 0 Å². The monoisotopic (exact) mass is 988 g/mol. The van der Waals surface area contributed by atoms with Gasteiger partial charge in [0, 0.05) is 11.8 Å². The van der Waals surface area contributed by atoms with E-state index in [9.17, 15) is 20.1 Å². The molecule has 4 fully saturated rings. The van der Waals surface area contributed by atoms with Crippen molar-refractivity contribution in [2.75, 3.05) is 7.11 Å². The van der Waals surface area contributed by atoms with E-state index in [0.717, 1.165) is 55.2 Å². The Hall–Kier alpha value is -5.05. The SMILES string of the molecule is COO[C@H]1O[C@H](C(O)OCc2cn(CC(O)Cn3cc([C@]4(O)CC[C@H]5[C@@H]6CCC7=CC(=O)CC[C@]7(C)[C@H]6CC[C@@]54C)nn3)nn2)[C@@H](OCc2ccccc2)[C@H](OCc2ccccc2)[C@H]1OCc1ccccc1. The lowest BCUT2D eigenvalue weighted by molar-refractivity contribution is -0.435. The van der Waals surface area contributed by atoms with Gasteiger partial charge in [-0.3, -0.25) is 4.79 Å². The second-order valence-electron chi connectivity index (χ2n) is 21.0. The predicted octanol–water partition coefficient (Wildman–Crippen LogP) is 6.54. The summed E-state index contributed by atoms with van der Waals surface area (Å²) in [7, 11) is 1.37. The molecule has 3 N–H and O–H groups in total. The molecule has 3 saturated carbocycles. The number of carbonyl (C=O) groups is 1. The molecule has 1 saturated heterocycles. The van der Waals surface area contributed by atoms with E-state index in [1.54, 1.807) is 17.1 Å². The average Bonchev–Trinajstić information content (AvgIpc) is 4.13. The molecule has 10 rings (SSSR count). The summed E-state index contributed by atoms with van der Waals surface area (Å²) in [6, 6.07) is 29.1. The van der Waals surface area contributed by atoms with Crippen molar-refractivity contribution in [2.45, 2.75) is 153 Å². The number of rotatable bonds is 20. The van der Waals surface area contributed by atoms with Gasteiger partial charge >= 0.3 is 0 Å². The molecule has 17 nitrogen and oxygen atoms in total. The molecule has 17 heteroatoms. The predicted molar refractivity (Wildman–Crippen MR) is 259 cm³/mol. The molecular formula is C55H68N6O11. The molecule has 13 atom stereocenters. The maximum Gasteiger partial charge on any atom is 0.220 e. The van der Waals surface area contributed by atoms with Crippen molar-refractivity contribution >= 4 is 5.78 Å². The van der Waals surface area contributed by atoms with E-state index in [-0.39, 0.29) is 56.1 Å². The fourth-order valence-corrected chi connectivity index (χ4v) is 12.9. The standard InChI is InChI=1S/C55H68N6O11/c1-53-24-21-41(62)27-39(53)19-20-43-44(53)22-25-54(2)45(43)23-26-55(54,65)46-31-61(59-57-46)30-42(63)29-60-28-40(56-58-60)35-70-51(64)49-47(67-32-36-13-7-4-8-14-36)48(68-33-37-15-9-5-10-16-37)50(52(71-49)72-66-3)69-34-38-17-11-6-12-18-38/h4-18,27-28,31,42-45,47-52,63-65H,19-26,29-30,32-35H2,1-3H3/t42?,43-,44+,45+,47+,48+,49+,50-,51?,52-,53+,54+,55-/m1/s1. The highest BCUT2D eigenvalue weighted by molar-refractivity contribution is 5.91. The Labute approximate surface area is 420 Å². The third-order valence-electron chi connectivity index (χ3n) is 16.7. The normalized spacial score (nSPS) is 32.1. The first-order valence-electron chi connectivity index (χ1n) is 25.5. The molecule has 2 aromatic heterocycles. The summed E-state index contributed by atoms with van der Waals surface area (Å²) in [6.45, 7) is 5.22. The Morgan fingerprint density at radius 1 is 0.708 bits per heavy atom. The second-order valence-corrected chi connectivity index (χ2v) is 21.0. The van der Waals surface area contributed by atoms with Crippen LogP contribution in [0.5, 0.6) is 0 Å². The Bertz CT molecular complexity index is 2600. The zero-order valence-electron chi connectivity index (χ0n) is 41.4. The van der Waals surface area contributed by atoms with Crippen molar-refractivity contribution in [3.05, 3.63) is 143 Å². The van der Waals surface area contributed by atoms with Crippen molar-refractivity contribution in [3.8, 4) is 0 Å². The van der Waals surface area contributed by atoms with E-state index in [2.05, 4.69) is 34.5 Å². The van der Waals surface area contributed by atoms with Crippen LogP contribution >= 0.6 is 0 Å². The number of aliphatic hydroxyl groups excluding tert-OH is 2. The number of benzene rings is 3. The fraction of sp³-hybridized carbons (Fsp3) is 0.545. The molecule has 5 aliphatic rings. The Kier molecular flexibility index (Phi) is 15.3. The Morgan fingerprint density at radius 2 is 1.31 bits per heavy atom. The van der Waals surface area contributed by atoms with Gasteiger partial charge in [0.25, 0.3) is 0 Å². The lowest BCUT2D eigenvalue weighted by atomic mass is 9.46. The number of hydrogen-bond acceptors (Lipinski definition) is 15.